The zero-order valence-electron chi connectivity index (χ0n) is 13.4. The van der Waals surface area contributed by atoms with Crippen LogP contribution in [0.2, 0.25) is 0 Å². The average Bonchev–Trinajstić information content (AvgIpc) is 2.48. The van der Waals surface area contributed by atoms with Crippen molar-refractivity contribution in [3.8, 4) is 0 Å². The van der Waals surface area contributed by atoms with Gasteiger partial charge >= 0.3 is 0 Å². The molecule has 4 heteroatoms. The maximum Gasteiger partial charge on any atom is 0.188 e. The van der Waals surface area contributed by atoms with E-state index in [0.29, 0.717) is 19.0 Å². The van der Waals surface area contributed by atoms with Crippen LogP contribution in [0.3, 0.4) is 0 Å². The molecule has 0 heterocycles. The smallest absolute Gasteiger partial charge is 0.188 e. The standard InChI is InChI=1S/C17H27N3.HI/c1-5-17(6-2,15-10-8-7-9-11-15)13-20-16(18)19-12-14(3)4;/h7-11H,3,5-6,12-13H2,1-2,4H3,(H3,18,19,20);1H. The zero-order valence-corrected chi connectivity index (χ0v) is 15.7. The Labute approximate surface area is 146 Å². The lowest BCUT2D eigenvalue weighted by molar-refractivity contribution is 0.407. The summed E-state index contributed by atoms with van der Waals surface area (Å²) in [5, 5.41) is 3.08. The highest BCUT2D eigenvalue weighted by molar-refractivity contribution is 14.0. The number of nitrogens with two attached hydrogens (primary N) is 1. The summed E-state index contributed by atoms with van der Waals surface area (Å²) in [4.78, 5) is 4.53. The minimum Gasteiger partial charge on any atom is -0.370 e. The fraction of sp³-hybridized carbons (Fsp3) is 0.471. The van der Waals surface area contributed by atoms with Gasteiger partial charge in [0.05, 0.1) is 6.54 Å². The summed E-state index contributed by atoms with van der Waals surface area (Å²) in [5.41, 5.74) is 8.36. The third kappa shape index (κ3) is 6.08. The predicted octanol–water partition coefficient (Wildman–Crippen LogP) is 3.84. The van der Waals surface area contributed by atoms with E-state index in [0.717, 1.165) is 18.4 Å². The number of benzene rings is 1. The number of hydrogen-bond donors (Lipinski definition) is 2. The van der Waals surface area contributed by atoms with Gasteiger partial charge in [-0.3, -0.25) is 4.99 Å². The van der Waals surface area contributed by atoms with E-state index in [4.69, 9.17) is 5.73 Å². The molecule has 0 saturated heterocycles. The molecule has 0 amide bonds. The highest BCUT2D eigenvalue weighted by atomic mass is 127. The zero-order chi connectivity index (χ0) is 15.0. The van der Waals surface area contributed by atoms with Crippen molar-refractivity contribution in [2.75, 3.05) is 13.1 Å². The third-order valence-corrected chi connectivity index (χ3v) is 3.86. The quantitative estimate of drug-likeness (QED) is 0.316. The van der Waals surface area contributed by atoms with Crippen molar-refractivity contribution in [2.24, 2.45) is 10.7 Å². The average molecular weight is 401 g/mol. The largest absolute Gasteiger partial charge is 0.370 e. The molecule has 0 aliphatic rings. The number of hydrogen-bond acceptors (Lipinski definition) is 1. The summed E-state index contributed by atoms with van der Waals surface area (Å²) >= 11 is 0. The van der Waals surface area contributed by atoms with Crippen LogP contribution in [0.25, 0.3) is 0 Å². The van der Waals surface area contributed by atoms with Crippen LogP contribution >= 0.6 is 24.0 Å². The predicted molar refractivity (Wildman–Crippen MR) is 103 cm³/mol. The lowest BCUT2D eigenvalue weighted by Crippen LogP contribution is -2.36. The van der Waals surface area contributed by atoms with Gasteiger partial charge < -0.3 is 11.1 Å². The molecular weight excluding hydrogens is 373 g/mol. The van der Waals surface area contributed by atoms with Crippen LogP contribution in [0.1, 0.15) is 39.2 Å². The summed E-state index contributed by atoms with van der Waals surface area (Å²) in [5.74, 6) is 0.496. The molecule has 3 nitrogen and oxygen atoms in total. The summed E-state index contributed by atoms with van der Waals surface area (Å²) in [7, 11) is 0. The number of nitrogens with zero attached hydrogens (tertiary/aromatic N) is 1. The van der Waals surface area contributed by atoms with Gasteiger partial charge in [0.15, 0.2) is 5.96 Å². The van der Waals surface area contributed by atoms with Crippen molar-refractivity contribution in [1.82, 2.24) is 5.32 Å². The van der Waals surface area contributed by atoms with E-state index in [1.807, 2.05) is 13.0 Å². The van der Waals surface area contributed by atoms with Gasteiger partial charge in [-0.15, -0.1) is 24.0 Å². The summed E-state index contributed by atoms with van der Waals surface area (Å²) in [6, 6.07) is 10.6. The van der Waals surface area contributed by atoms with Gasteiger partial charge in [-0.1, -0.05) is 56.3 Å². The SMILES string of the molecule is C=C(C)CNC(N)=NCC(CC)(CC)c1ccccc1.I. The monoisotopic (exact) mass is 401 g/mol. The van der Waals surface area contributed by atoms with Crippen molar-refractivity contribution in [3.63, 3.8) is 0 Å². The van der Waals surface area contributed by atoms with Crippen LogP contribution in [-0.2, 0) is 5.41 Å². The fourth-order valence-electron chi connectivity index (χ4n) is 2.30. The number of guanidine groups is 1. The molecule has 21 heavy (non-hydrogen) atoms. The van der Waals surface area contributed by atoms with E-state index in [-0.39, 0.29) is 29.4 Å². The maximum atomic E-state index is 5.91. The molecular formula is C17H28IN3. The van der Waals surface area contributed by atoms with Crippen LogP contribution in [0.4, 0.5) is 0 Å². The molecule has 0 fully saturated rings. The first-order valence-electron chi connectivity index (χ1n) is 7.27. The van der Waals surface area contributed by atoms with Crippen LogP contribution in [-0.4, -0.2) is 19.0 Å². The first kappa shape index (κ1) is 20.0. The van der Waals surface area contributed by atoms with Crippen molar-refractivity contribution in [2.45, 2.75) is 39.0 Å². The Morgan fingerprint density at radius 3 is 2.29 bits per heavy atom. The van der Waals surface area contributed by atoms with Crippen LogP contribution in [0.15, 0.2) is 47.5 Å². The highest BCUT2D eigenvalue weighted by Gasteiger charge is 2.27. The second-order valence-electron chi connectivity index (χ2n) is 5.37. The van der Waals surface area contributed by atoms with E-state index in [9.17, 15) is 0 Å². The van der Waals surface area contributed by atoms with Gasteiger partial charge in [0.25, 0.3) is 0 Å². The molecule has 0 aliphatic heterocycles. The second kappa shape index (κ2) is 9.82. The molecule has 1 aromatic rings. The fourth-order valence-corrected chi connectivity index (χ4v) is 2.30. The molecule has 0 aromatic heterocycles. The Kier molecular flexibility index (Phi) is 9.33. The van der Waals surface area contributed by atoms with Gasteiger partial charge in [0.2, 0.25) is 0 Å². The Morgan fingerprint density at radius 2 is 1.81 bits per heavy atom. The number of nitrogens with one attached hydrogen (secondary N) is 1. The first-order chi connectivity index (χ1) is 9.54. The minimum atomic E-state index is 0. The van der Waals surface area contributed by atoms with Gasteiger partial charge in [-0.2, -0.15) is 0 Å². The molecule has 0 saturated carbocycles. The van der Waals surface area contributed by atoms with Crippen LogP contribution in [0, 0.1) is 0 Å². The van der Waals surface area contributed by atoms with Crippen molar-refractivity contribution in [1.29, 1.82) is 0 Å². The van der Waals surface area contributed by atoms with Crippen LogP contribution < -0.4 is 11.1 Å². The van der Waals surface area contributed by atoms with Gasteiger partial charge in [-0.25, -0.2) is 0 Å². The number of aliphatic imine (C=N–C) groups is 1. The third-order valence-electron chi connectivity index (χ3n) is 3.86. The van der Waals surface area contributed by atoms with Crippen LogP contribution in [0.5, 0.6) is 0 Å². The minimum absolute atomic E-state index is 0. The van der Waals surface area contributed by atoms with E-state index in [2.05, 4.69) is 55.0 Å². The molecule has 1 rings (SSSR count). The maximum absolute atomic E-state index is 5.91. The molecule has 0 spiro atoms. The normalized spacial score (nSPS) is 11.7. The van der Waals surface area contributed by atoms with E-state index in [1.54, 1.807) is 0 Å². The lowest BCUT2D eigenvalue weighted by atomic mass is 9.76. The molecule has 0 radical (unpaired) electrons. The molecule has 118 valence electrons. The van der Waals surface area contributed by atoms with E-state index in [1.165, 1.54) is 5.56 Å². The Hall–Kier alpha value is -1.04. The molecule has 0 aliphatic carbocycles. The number of rotatable bonds is 7. The van der Waals surface area contributed by atoms with Crippen molar-refractivity contribution < 1.29 is 0 Å². The Bertz CT molecular complexity index is 450. The Balaban J connectivity index is 0.00000400. The Morgan fingerprint density at radius 1 is 1.24 bits per heavy atom. The van der Waals surface area contributed by atoms with Gasteiger partial charge in [0, 0.05) is 12.0 Å². The van der Waals surface area contributed by atoms with E-state index >= 15 is 0 Å². The molecule has 1 aromatic carbocycles. The van der Waals surface area contributed by atoms with Crippen molar-refractivity contribution in [3.05, 3.63) is 48.0 Å². The highest BCUT2D eigenvalue weighted by Crippen LogP contribution is 2.31. The summed E-state index contributed by atoms with van der Waals surface area (Å²) in [6.45, 7) is 11.6. The summed E-state index contributed by atoms with van der Waals surface area (Å²) in [6.07, 6.45) is 2.09. The van der Waals surface area contributed by atoms with Crippen molar-refractivity contribution >= 4 is 29.9 Å². The molecule has 3 N–H and O–H groups in total. The molecule has 0 unspecified atom stereocenters. The second-order valence-corrected chi connectivity index (χ2v) is 5.37. The molecule has 0 bridgehead atoms. The van der Waals surface area contributed by atoms with E-state index < -0.39 is 0 Å². The summed E-state index contributed by atoms with van der Waals surface area (Å²) < 4.78 is 0. The molecule has 0 atom stereocenters. The van der Waals surface area contributed by atoms with Gasteiger partial charge in [0.1, 0.15) is 0 Å². The van der Waals surface area contributed by atoms with Gasteiger partial charge in [-0.05, 0) is 25.3 Å². The topological polar surface area (TPSA) is 50.4 Å². The lowest BCUT2D eigenvalue weighted by Gasteiger charge is -2.30. The first-order valence-corrected chi connectivity index (χ1v) is 7.27. The number of halogens is 1.